The number of aromatic nitrogens is 2. The Morgan fingerprint density at radius 2 is 1.93 bits per heavy atom. The molecule has 0 saturated carbocycles. The van der Waals surface area contributed by atoms with E-state index in [4.69, 9.17) is 5.73 Å². The number of benzene rings is 1. The van der Waals surface area contributed by atoms with Crippen LogP contribution in [0.25, 0.3) is 5.69 Å². The Labute approximate surface area is 164 Å². The molecule has 1 atom stereocenters. The van der Waals surface area contributed by atoms with Crippen LogP contribution >= 0.6 is 0 Å². The molecule has 2 aliphatic rings. The summed E-state index contributed by atoms with van der Waals surface area (Å²) in [4.78, 5) is 35.4. The number of imidazole rings is 1. The second-order valence-corrected chi connectivity index (χ2v) is 7.79. The smallest absolute Gasteiger partial charge is 0.258 e. The molecule has 1 aromatic carbocycles. The number of rotatable bonds is 5. The number of carbonyl (C=O) groups is 2. The van der Waals surface area contributed by atoms with Gasteiger partial charge >= 0.3 is 0 Å². The van der Waals surface area contributed by atoms with Gasteiger partial charge in [-0.1, -0.05) is 0 Å². The number of primary amides is 1. The first kappa shape index (κ1) is 18.6. The second kappa shape index (κ2) is 7.03. The summed E-state index contributed by atoms with van der Waals surface area (Å²) in [6, 6.07) is 7.77. The lowest BCUT2D eigenvalue weighted by Gasteiger charge is -2.36. The van der Waals surface area contributed by atoms with Crippen molar-refractivity contribution in [1.82, 2.24) is 19.4 Å². The summed E-state index contributed by atoms with van der Waals surface area (Å²) < 4.78 is 2.03. The summed E-state index contributed by atoms with van der Waals surface area (Å²) in [7, 11) is 4.01. The molecule has 2 fully saturated rings. The van der Waals surface area contributed by atoms with E-state index in [9.17, 15) is 9.59 Å². The van der Waals surface area contributed by atoms with Gasteiger partial charge in [-0.25, -0.2) is 4.98 Å². The highest BCUT2D eigenvalue weighted by atomic mass is 16.2. The second-order valence-electron chi connectivity index (χ2n) is 7.79. The number of amides is 2. The Balaban J connectivity index is 1.61. The molecule has 3 heterocycles. The molecule has 0 bridgehead atoms. The molecule has 0 spiro atoms. The van der Waals surface area contributed by atoms with Gasteiger partial charge in [0.25, 0.3) is 5.91 Å². The number of nitrogens with two attached hydrogens (primary N) is 1. The summed E-state index contributed by atoms with van der Waals surface area (Å²) >= 11 is 0. The molecule has 0 aliphatic carbocycles. The highest BCUT2D eigenvalue weighted by molar-refractivity contribution is 6.17. The Morgan fingerprint density at radius 1 is 1.21 bits per heavy atom. The van der Waals surface area contributed by atoms with E-state index in [0.717, 1.165) is 36.6 Å². The number of fused-ring (bicyclic) bond motifs is 1. The number of piperidine rings is 1. The Hall–Kier alpha value is -2.71. The minimum atomic E-state index is -1.18. The summed E-state index contributed by atoms with van der Waals surface area (Å²) in [6.07, 6.45) is 6.03. The van der Waals surface area contributed by atoms with Crippen LogP contribution in [-0.4, -0.2) is 64.0 Å². The normalized spacial score (nSPS) is 22.7. The standard InChI is InChI=1S/C20H26N6O2/c1-23(2)13-17-22-10-12-25(17)15-5-7-16(8-6-15)26-14-24-11-4-3-9-20(24,18(21)27)19(26)28/h5-8,10,12H,3-4,9,11,13-14H2,1-2H3,(H2,21,27)/t20-/m0/s1. The molecular formula is C20H26N6O2. The fourth-order valence-electron chi connectivity index (χ4n) is 4.27. The van der Waals surface area contributed by atoms with Gasteiger partial charge in [0, 0.05) is 30.3 Å². The Kier molecular flexibility index (Phi) is 4.68. The molecular weight excluding hydrogens is 356 g/mol. The van der Waals surface area contributed by atoms with E-state index in [1.165, 1.54) is 0 Å². The van der Waals surface area contributed by atoms with Crippen LogP contribution < -0.4 is 10.6 Å². The van der Waals surface area contributed by atoms with E-state index in [-0.39, 0.29) is 5.91 Å². The van der Waals surface area contributed by atoms with Gasteiger partial charge in [0.2, 0.25) is 5.91 Å². The van der Waals surface area contributed by atoms with Gasteiger partial charge in [-0.05, 0) is 57.6 Å². The number of hydrogen-bond acceptors (Lipinski definition) is 5. The maximum absolute atomic E-state index is 13.2. The average molecular weight is 382 g/mol. The molecule has 148 valence electrons. The molecule has 2 N–H and O–H groups in total. The first-order valence-electron chi connectivity index (χ1n) is 9.58. The maximum atomic E-state index is 13.2. The van der Waals surface area contributed by atoms with Gasteiger partial charge in [0.05, 0.1) is 13.2 Å². The molecule has 0 radical (unpaired) electrons. The van der Waals surface area contributed by atoms with Crippen molar-refractivity contribution in [2.75, 3.05) is 32.2 Å². The molecule has 8 heteroatoms. The van der Waals surface area contributed by atoms with E-state index in [1.807, 2.05) is 54.0 Å². The van der Waals surface area contributed by atoms with Crippen LogP contribution in [0.2, 0.25) is 0 Å². The van der Waals surface area contributed by atoms with Crippen molar-refractivity contribution in [2.45, 2.75) is 31.3 Å². The Bertz CT molecular complexity index is 890. The third kappa shape index (κ3) is 2.89. The SMILES string of the molecule is CN(C)Cc1nccn1-c1ccc(N2CN3CCCC[C@]3(C(N)=O)C2=O)cc1. The summed E-state index contributed by atoms with van der Waals surface area (Å²) in [5, 5.41) is 0. The van der Waals surface area contributed by atoms with Crippen molar-refractivity contribution < 1.29 is 9.59 Å². The van der Waals surface area contributed by atoms with Gasteiger partial charge < -0.3 is 15.2 Å². The first-order valence-corrected chi connectivity index (χ1v) is 9.58. The lowest BCUT2D eigenvalue weighted by Crippen LogP contribution is -2.60. The quantitative estimate of drug-likeness (QED) is 0.778. The van der Waals surface area contributed by atoms with Crippen LogP contribution in [0.5, 0.6) is 0 Å². The van der Waals surface area contributed by atoms with E-state index in [2.05, 4.69) is 9.88 Å². The van der Waals surface area contributed by atoms with Gasteiger partial charge in [-0.15, -0.1) is 0 Å². The van der Waals surface area contributed by atoms with Gasteiger partial charge in [-0.3, -0.25) is 19.4 Å². The zero-order valence-corrected chi connectivity index (χ0v) is 16.3. The summed E-state index contributed by atoms with van der Waals surface area (Å²) in [6.45, 7) is 1.85. The number of carbonyl (C=O) groups excluding carboxylic acids is 2. The monoisotopic (exact) mass is 382 g/mol. The molecule has 2 aliphatic heterocycles. The zero-order valence-electron chi connectivity index (χ0n) is 16.3. The molecule has 2 aromatic rings. The molecule has 2 amide bonds. The van der Waals surface area contributed by atoms with Gasteiger partial charge in [-0.2, -0.15) is 0 Å². The van der Waals surface area contributed by atoms with Crippen LogP contribution in [0.4, 0.5) is 5.69 Å². The summed E-state index contributed by atoms with van der Waals surface area (Å²) in [5.41, 5.74) is 6.25. The van der Waals surface area contributed by atoms with Crippen molar-refractivity contribution in [2.24, 2.45) is 5.73 Å². The van der Waals surface area contributed by atoms with Gasteiger partial charge in [0.15, 0.2) is 5.54 Å². The first-order chi connectivity index (χ1) is 13.4. The van der Waals surface area contributed by atoms with Crippen molar-refractivity contribution in [1.29, 1.82) is 0 Å². The van der Waals surface area contributed by atoms with E-state index in [0.29, 0.717) is 19.6 Å². The van der Waals surface area contributed by atoms with Crippen LogP contribution in [0.15, 0.2) is 36.7 Å². The lowest BCUT2D eigenvalue weighted by atomic mass is 9.86. The van der Waals surface area contributed by atoms with Crippen molar-refractivity contribution in [3.8, 4) is 5.69 Å². The predicted octanol–water partition coefficient (Wildman–Crippen LogP) is 0.948. The highest BCUT2D eigenvalue weighted by Gasteiger charge is 2.57. The zero-order chi connectivity index (χ0) is 19.9. The third-order valence-corrected chi connectivity index (χ3v) is 5.69. The van der Waals surface area contributed by atoms with Crippen molar-refractivity contribution in [3.63, 3.8) is 0 Å². The summed E-state index contributed by atoms with van der Waals surface area (Å²) in [5.74, 6) is 0.200. The van der Waals surface area contributed by atoms with Gasteiger partial charge in [0.1, 0.15) is 5.82 Å². The molecule has 1 aromatic heterocycles. The lowest BCUT2D eigenvalue weighted by molar-refractivity contribution is -0.140. The minimum absolute atomic E-state index is 0.205. The third-order valence-electron chi connectivity index (χ3n) is 5.69. The molecule has 8 nitrogen and oxygen atoms in total. The van der Waals surface area contributed by atoms with E-state index >= 15 is 0 Å². The predicted molar refractivity (Wildman–Crippen MR) is 106 cm³/mol. The van der Waals surface area contributed by atoms with E-state index in [1.54, 1.807) is 11.1 Å². The Morgan fingerprint density at radius 3 is 2.57 bits per heavy atom. The van der Waals surface area contributed by atoms with E-state index < -0.39 is 11.4 Å². The van der Waals surface area contributed by atoms with Crippen LogP contribution in [0.1, 0.15) is 25.1 Å². The molecule has 2 saturated heterocycles. The van der Waals surface area contributed by atoms with Crippen LogP contribution in [0.3, 0.4) is 0 Å². The molecule has 28 heavy (non-hydrogen) atoms. The van der Waals surface area contributed by atoms with Crippen LogP contribution in [-0.2, 0) is 16.1 Å². The molecule has 4 rings (SSSR count). The fraction of sp³-hybridized carbons (Fsp3) is 0.450. The highest BCUT2D eigenvalue weighted by Crippen LogP contribution is 2.37. The van der Waals surface area contributed by atoms with Crippen molar-refractivity contribution >= 4 is 17.5 Å². The number of nitrogens with zero attached hydrogens (tertiary/aromatic N) is 5. The minimum Gasteiger partial charge on any atom is -0.368 e. The maximum Gasteiger partial charge on any atom is 0.258 e. The van der Waals surface area contributed by atoms with Crippen LogP contribution in [0, 0.1) is 0 Å². The number of anilines is 1. The largest absolute Gasteiger partial charge is 0.368 e. The topological polar surface area (TPSA) is 87.7 Å². The average Bonchev–Trinajstić information content (AvgIpc) is 3.25. The molecule has 0 unspecified atom stereocenters. The number of hydrogen-bond donors (Lipinski definition) is 1. The fourth-order valence-corrected chi connectivity index (χ4v) is 4.27. The van der Waals surface area contributed by atoms with Crippen molar-refractivity contribution in [3.05, 3.63) is 42.5 Å².